The van der Waals surface area contributed by atoms with E-state index < -0.39 is 11.9 Å². The monoisotopic (exact) mass is 479 g/mol. The van der Waals surface area contributed by atoms with Crippen LogP contribution in [0.4, 0.5) is 0 Å². The zero-order chi connectivity index (χ0) is 24.5. The van der Waals surface area contributed by atoms with Crippen LogP contribution in [0.1, 0.15) is 39.9 Å². The number of carbonyl (C=O) groups is 2. The van der Waals surface area contributed by atoms with E-state index in [2.05, 4.69) is 34.5 Å². The van der Waals surface area contributed by atoms with Crippen LogP contribution in [0.3, 0.4) is 0 Å². The van der Waals surface area contributed by atoms with Crippen LogP contribution >= 0.6 is 0 Å². The van der Waals surface area contributed by atoms with Gasteiger partial charge < -0.3 is 14.8 Å². The number of hydroxylamine groups is 1. The molecular weight excluding hydrogens is 446 g/mol. The Hall–Kier alpha value is -3.04. The molecule has 3 N–H and O–H groups in total. The highest BCUT2D eigenvalue weighted by atomic mass is 16.5. The summed E-state index contributed by atoms with van der Waals surface area (Å²) in [7, 11) is 0. The number of carbonyl (C=O) groups excluding carboxylic acids is 2. The number of ether oxygens (including phenoxy) is 2. The van der Waals surface area contributed by atoms with Crippen molar-refractivity contribution in [2.75, 3.05) is 39.5 Å². The van der Waals surface area contributed by atoms with Crippen molar-refractivity contribution < 1.29 is 24.3 Å². The molecule has 0 radical (unpaired) electrons. The van der Waals surface area contributed by atoms with Crippen LogP contribution in [0, 0.1) is 5.92 Å². The molecule has 2 heterocycles. The summed E-state index contributed by atoms with van der Waals surface area (Å²) in [4.78, 5) is 27.3. The Balaban J connectivity index is 1.32. The van der Waals surface area contributed by atoms with Crippen LogP contribution in [0.5, 0.6) is 0 Å². The number of morpholine rings is 1. The first-order valence-corrected chi connectivity index (χ1v) is 12.1. The van der Waals surface area contributed by atoms with Crippen molar-refractivity contribution >= 4 is 24.0 Å². The SMILES string of the molecule is O=C(N[C@H](C(=O)NO)C1CCOCC1)c1ccc(/C=C/c2ccc(CN3CCOCC3)cc2)cc1. The average molecular weight is 480 g/mol. The van der Waals surface area contributed by atoms with Gasteiger partial charge in [0.2, 0.25) is 0 Å². The lowest BCUT2D eigenvalue weighted by Gasteiger charge is -2.29. The molecule has 2 aromatic carbocycles. The van der Waals surface area contributed by atoms with E-state index in [9.17, 15) is 9.59 Å². The van der Waals surface area contributed by atoms with Gasteiger partial charge in [-0.1, -0.05) is 48.6 Å². The van der Waals surface area contributed by atoms with Gasteiger partial charge in [0.1, 0.15) is 6.04 Å². The standard InChI is InChI=1S/C27H33N3O5/c31-26(28-25(27(32)29-33)23-11-15-34-16-12-23)24-9-7-21(8-10-24)2-1-20-3-5-22(6-4-20)19-30-13-17-35-18-14-30/h1-10,23,25,33H,11-19H2,(H,28,31)(H,29,32)/b2-1+/t25-/m0/s1. The largest absolute Gasteiger partial charge is 0.381 e. The molecule has 0 saturated carbocycles. The molecule has 8 nitrogen and oxygen atoms in total. The molecule has 2 saturated heterocycles. The smallest absolute Gasteiger partial charge is 0.266 e. The summed E-state index contributed by atoms with van der Waals surface area (Å²) in [6.45, 7) is 5.56. The Bertz CT molecular complexity index is 994. The second-order valence-corrected chi connectivity index (χ2v) is 8.96. The van der Waals surface area contributed by atoms with E-state index in [1.165, 1.54) is 5.56 Å². The maximum absolute atomic E-state index is 12.8. The summed E-state index contributed by atoms with van der Waals surface area (Å²) in [6.07, 6.45) is 5.34. The number of amides is 2. The Morgan fingerprint density at radius 1 is 0.914 bits per heavy atom. The maximum atomic E-state index is 12.8. The van der Waals surface area contributed by atoms with Crippen molar-refractivity contribution in [1.82, 2.24) is 15.7 Å². The highest BCUT2D eigenvalue weighted by molar-refractivity contribution is 5.97. The lowest BCUT2D eigenvalue weighted by atomic mass is 9.91. The minimum Gasteiger partial charge on any atom is -0.381 e. The number of hydrogen-bond acceptors (Lipinski definition) is 6. The molecule has 2 aromatic rings. The third-order valence-corrected chi connectivity index (χ3v) is 6.55. The molecule has 35 heavy (non-hydrogen) atoms. The Morgan fingerprint density at radius 3 is 2.09 bits per heavy atom. The predicted molar refractivity (Wildman–Crippen MR) is 133 cm³/mol. The summed E-state index contributed by atoms with van der Waals surface area (Å²) < 4.78 is 10.7. The third-order valence-electron chi connectivity index (χ3n) is 6.55. The van der Waals surface area contributed by atoms with Crippen molar-refractivity contribution in [2.24, 2.45) is 5.92 Å². The molecule has 186 valence electrons. The van der Waals surface area contributed by atoms with Crippen LogP contribution in [0.15, 0.2) is 48.5 Å². The lowest BCUT2D eigenvalue weighted by molar-refractivity contribution is -0.133. The maximum Gasteiger partial charge on any atom is 0.266 e. The minimum absolute atomic E-state index is 0.0812. The Morgan fingerprint density at radius 2 is 1.49 bits per heavy atom. The summed E-state index contributed by atoms with van der Waals surface area (Å²) >= 11 is 0. The van der Waals surface area contributed by atoms with E-state index in [1.807, 2.05) is 24.3 Å². The van der Waals surface area contributed by atoms with E-state index >= 15 is 0 Å². The highest BCUT2D eigenvalue weighted by Crippen LogP contribution is 2.20. The fourth-order valence-corrected chi connectivity index (χ4v) is 4.43. The van der Waals surface area contributed by atoms with Crippen molar-refractivity contribution in [2.45, 2.75) is 25.4 Å². The molecule has 0 bridgehead atoms. The molecule has 0 aliphatic carbocycles. The fourth-order valence-electron chi connectivity index (χ4n) is 4.43. The second kappa shape index (κ2) is 12.6. The van der Waals surface area contributed by atoms with Crippen molar-refractivity contribution in [1.29, 1.82) is 0 Å². The molecular formula is C27H33N3O5. The Kier molecular flexibility index (Phi) is 9.02. The summed E-state index contributed by atoms with van der Waals surface area (Å²) in [5.41, 5.74) is 5.48. The molecule has 0 unspecified atom stereocenters. The summed E-state index contributed by atoms with van der Waals surface area (Å²) in [5, 5.41) is 11.9. The normalized spacial score (nSPS) is 18.3. The van der Waals surface area contributed by atoms with E-state index in [0.717, 1.165) is 44.0 Å². The van der Waals surface area contributed by atoms with Gasteiger partial charge in [-0.15, -0.1) is 0 Å². The zero-order valence-electron chi connectivity index (χ0n) is 19.8. The molecule has 2 fully saturated rings. The van der Waals surface area contributed by atoms with E-state index in [4.69, 9.17) is 14.7 Å². The molecule has 0 spiro atoms. The first-order valence-electron chi connectivity index (χ1n) is 12.1. The number of nitrogens with one attached hydrogen (secondary N) is 2. The van der Waals surface area contributed by atoms with Crippen LogP contribution in [0.25, 0.3) is 12.2 Å². The number of hydrogen-bond donors (Lipinski definition) is 3. The number of benzene rings is 2. The summed E-state index contributed by atoms with van der Waals surface area (Å²) in [5.74, 6) is -1.04. The molecule has 4 rings (SSSR count). The average Bonchev–Trinajstić information content (AvgIpc) is 2.92. The van der Waals surface area contributed by atoms with E-state index in [1.54, 1.807) is 17.6 Å². The van der Waals surface area contributed by atoms with Crippen molar-refractivity contribution in [3.63, 3.8) is 0 Å². The van der Waals surface area contributed by atoms with Crippen molar-refractivity contribution in [3.8, 4) is 0 Å². The first kappa shape index (κ1) is 25.1. The van der Waals surface area contributed by atoms with Crippen molar-refractivity contribution in [3.05, 3.63) is 70.8 Å². The minimum atomic E-state index is -0.804. The molecule has 2 aliphatic rings. The zero-order valence-corrected chi connectivity index (χ0v) is 19.8. The topological polar surface area (TPSA) is 100 Å². The van der Waals surface area contributed by atoms with E-state index in [0.29, 0.717) is 31.6 Å². The molecule has 2 amide bonds. The number of nitrogens with zero attached hydrogens (tertiary/aromatic N) is 1. The van der Waals surface area contributed by atoms with Gasteiger partial charge in [0.15, 0.2) is 0 Å². The first-order chi connectivity index (χ1) is 17.1. The highest BCUT2D eigenvalue weighted by Gasteiger charge is 2.31. The lowest BCUT2D eigenvalue weighted by Crippen LogP contribution is -2.51. The van der Waals surface area contributed by atoms with Gasteiger partial charge in [0.25, 0.3) is 11.8 Å². The van der Waals surface area contributed by atoms with Crippen LogP contribution < -0.4 is 10.8 Å². The van der Waals surface area contributed by atoms with Gasteiger partial charge in [-0.2, -0.15) is 0 Å². The quantitative estimate of drug-likeness (QED) is 0.306. The van der Waals surface area contributed by atoms with Gasteiger partial charge in [0.05, 0.1) is 13.2 Å². The fraction of sp³-hybridized carbons (Fsp3) is 0.407. The Labute approximate surface area is 205 Å². The molecule has 8 heteroatoms. The van der Waals surface area contributed by atoms with Crippen LogP contribution in [-0.4, -0.2) is 67.5 Å². The molecule has 0 aromatic heterocycles. The summed E-state index contributed by atoms with van der Waals surface area (Å²) in [6, 6.07) is 14.9. The second-order valence-electron chi connectivity index (χ2n) is 8.96. The van der Waals surface area contributed by atoms with Gasteiger partial charge in [-0.05, 0) is 47.6 Å². The van der Waals surface area contributed by atoms with Gasteiger partial charge in [-0.3, -0.25) is 19.7 Å². The van der Waals surface area contributed by atoms with Gasteiger partial charge in [0, 0.05) is 38.4 Å². The van der Waals surface area contributed by atoms with Gasteiger partial charge in [-0.25, -0.2) is 5.48 Å². The number of rotatable bonds is 8. The van der Waals surface area contributed by atoms with Crippen LogP contribution in [0.2, 0.25) is 0 Å². The molecule has 1 atom stereocenters. The predicted octanol–water partition coefficient (Wildman–Crippen LogP) is 2.72. The van der Waals surface area contributed by atoms with E-state index in [-0.39, 0.29) is 11.8 Å². The third kappa shape index (κ3) is 7.22. The molecule has 2 aliphatic heterocycles. The van der Waals surface area contributed by atoms with Gasteiger partial charge >= 0.3 is 0 Å². The van der Waals surface area contributed by atoms with Crippen LogP contribution in [-0.2, 0) is 20.8 Å².